The molecule has 2 rings (SSSR count). The van der Waals surface area contributed by atoms with Gasteiger partial charge >= 0.3 is 11.9 Å². The number of esters is 2. The van der Waals surface area contributed by atoms with Gasteiger partial charge < -0.3 is 14.2 Å². The fraction of sp³-hybridized carbons (Fsp3) is 0.529. The Morgan fingerprint density at radius 3 is 2.36 bits per heavy atom. The molecule has 0 aromatic heterocycles. The highest BCUT2D eigenvalue weighted by atomic mass is 16.6. The summed E-state index contributed by atoms with van der Waals surface area (Å²) in [4.78, 5) is 23.6. The summed E-state index contributed by atoms with van der Waals surface area (Å²) in [5.41, 5.74) is 1.26. The number of hydrogen-bond acceptors (Lipinski definition) is 5. The van der Waals surface area contributed by atoms with Crippen molar-refractivity contribution >= 4 is 11.9 Å². The summed E-state index contributed by atoms with van der Waals surface area (Å²) in [5, 5.41) is 0. The minimum Gasteiger partial charge on any atom is -0.468 e. The number of ether oxygens (including phenoxy) is 3. The molecule has 1 saturated heterocycles. The van der Waals surface area contributed by atoms with Gasteiger partial charge in [-0.3, -0.25) is 9.59 Å². The lowest BCUT2D eigenvalue weighted by Crippen LogP contribution is -2.37. The summed E-state index contributed by atoms with van der Waals surface area (Å²) in [5.74, 6) is -2.18. The quantitative estimate of drug-likeness (QED) is 0.595. The smallest absolute Gasteiger partial charge is 0.322 e. The van der Waals surface area contributed by atoms with Crippen molar-refractivity contribution in [2.75, 3.05) is 14.2 Å². The van der Waals surface area contributed by atoms with E-state index in [2.05, 4.69) is 12.1 Å². The van der Waals surface area contributed by atoms with Gasteiger partial charge in [0.25, 0.3) is 0 Å². The third-order valence-electron chi connectivity index (χ3n) is 4.02. The van der Waals surface area contributed by atoms with E-state index in [4.69, 9.17) is 14.2 Å². The molecule has 1 aliphatic heterocycles. The molecule has 0 bridgehead atoms. The zero-order valence-electron chi connectivity index (χ0n) is 13.0. The van der Waals surface area contributed by atoms with Crippen LogP contribution in [0.1, 0.15) is 24.8 Å². The number of rotatable bonds is 6. The molecule has 5 nitrogen and oxygen atoms in total. The van der Waals surface area contributed by atoms with Crippen molar-refractivity contribution in [3.63, 3.8) is 0 Å². The molecule has 0 spiro atoms. The van der Waals surface area contributed by atoms with Gasteiger partial charge in [-0.2, -0.15) is 0 Å². The van der Waals surface area contributed by atoms with Crippen LogP contribution in [0.4, 0.5) is 0 Å². The molecule has 1 aliphatic rings. The van der Waals surface area contributed by atoms with Crippen molar-refractivity contribution in [2.24, 2.45) is 5.92 Å². The second-order valence-corrected chi connectivity index (χ2v) is 5.42. The van der Waals surface area contributed by atoms with Crippen LogP contribution >= 0.6 is 0 Å². The Morgan fingerprint density at radius 1 is 1.14 bits per heavy atom. The van der Waals surface area contributed by atoms with Crippen LogP contribution in [0.3, 0.4) is 0 Å². The Bertz CT molecular complexity index is 483. The van der Waals surface area contributed by atoms with Crippen molar-refractivity contribution in [3.05, 3.63) is 35.9 Å². The summed E-state index contributed by atoms with van der Waals surface area (Å²) >= 11 is 0. The average molecular weight is 306 g/mol. The predicted molar refractivity (Wildman–Crippen MR) is 80.2 cm³/mol. The standard InChI is InChI=1S/C17H22O5/c1-20-16(18)15(17(19)21-2)14-11-10-13(22-14)9-8-12-6-4-3-5-7-12/h3-7,13-15H,8-11H2,1-2H3/t13-,14+/m0/s1. The van der Waals surface area contributed by atoms with Crippen LogP contribution in [-0.2, 0) is 30.2 Å². The molecule has 0 amide bonds. The summed E-state index contributed by atoms with van der Waals surface area (Å²) in [6.07, 6.45) is 2.88. The van der Waals surface area contributed by atoms with E-state index in [9.17, 15) is 9.59 Å². The SMILES string of the molecule is COC(=O)C(C(=O)OC)[C@H]1CC[C@H](CCc2ccccc2)O1. The molecule has 5 heteroatoms. The van der Waals surface area contributed by atoms with Crippen molar-refractivity contribution in [2.45, 2.75) is 37.9 Å². The number of aryl methyl sites for hydroxylation is 1. The molecular formula is C17H22O5. The Hall–Kier alpha value is -1.88. The van der Waals surface area contributed by atoms with Gasteiger partial charge in [0.05, 0.1) is 26.4 Å². The second-order valence-electron chi connectivity index (χ2n) is 5.42. The molecule has 0 radical (unpaired) electrons. The molecule has 120 valence electrons. The van der Waals surface area contributed by atoms with Crippen molar-refractivity contribution in [1.29, 1.82) is 0 Å². The van der Waals surface area contributed by atoms with Gasteiger partial charge in [0.1, 0.15) is 0 Å². The summed E-state index contributed by atoms with van der Waals surface area (Å²) in [6.45, 7) is 0. The molecule has 1 aromatic carbocycles. The topological polar surface area (TPSA) is 61.8 Å². The minimum atomic E-state index is -0.989. The highest BCUT2D eigenvalue weighted by Crippen LogP contribution is 2.29. The van der Waals surface area contributed by atoms with Crippen molar-refractivity contribution in [3.8, 4) is 0 Å². The van der Waals surface area contributed by atoms with E-state index in [-0.39, 0.29) is 6.10 Å². The lowest BCUT2D eigenvalue weighted by Gasteiger charge is -2.20. The molecule has 0 N–H and O–H groups in total. The third kappa shape index (κ3) is 4.07. The van der Waals surface area contributed by atoms with E-state index in [0.29, 0.717) is 6.42 Å². The first-order chi connectivity index (χ1) is 10.7. The van der Waals surface area contributed by atoms with Gasteiger partial charge in [0.2, 0.25) is 0 Å². The molecule has 0 saturated carbocycles. The van der Waals surface area contributed by atoms with E-state index in [1.165, 1.54) is 19.8 Å². The number of methoxy groups -OCH3 is 2. The lowest BCUT2D eigenvalue weighted by molar-refractivity contribution is -0.165. The molecule has 0 unspecified atom stereocenters. The normalized spacial score (nSPS) is 20.9. The fourth-order valence-corrected chi connectivity index (χ4v) is 2.82. The van der Waals surface area contributed by atoms with Gasteiger partial charge in [-0.05, 0) is 31.2 Å². The Kier molecular flexibility index (Phi) is 5.95. The van der Waals surface area contributed by atoms with Gasteiger partial charge in [-0.15, -0.1) is 0 Å². The Balaban J connectivity index is 1.90. The predicted octanol–water partition coefficient (Wildman–Crippen LogP) is 2.13. The Labute approximate surface area is 130 Å². The third-order valence-corrected chi connectivity index (χ3v) is 4.02. The monoisotopic (exact) mass is 306 g/mol. The van der Waals surface area contributed by atoms with Crippen LogP contribution in [0.2, 0.25) is 0 Å². The second kappa shape index (κ2) is 7.94. The molecular weight excluding hydrogens is 284 g/mol. The maximum atomic E-state index is 11.8. The molecule has 1 heterocycles. The van der Waals surface area contributed by atoms with Crippen LogP contribution in [0.25, 0.3) is 0 Å². The van der Waals surface area contributed by atoms with Crippen LogP contribution in [0.5, 0.6) is 0 Å². The highest BCUT2D eigenvalue weighted by Gasteiger charge is 2.41. The molecule has 22 heavy (non-hydrogen) atoms. The maximum Gasteiger partial charge on any atom is 0.322 e. The van der Waals surface area contributed by atoms with Crippen molar-refractivity contribution in [1.82, 2.24) is 0 Å². The van der Waals surface area contributed by atoms with Gasteiger partial charge in [0, 0.05) is 0 Å². The first-order valence-electron chi connectivity index (χ1n) is 7.50. The zero-order chi connectivity index (χ0) is 15.9. The van der Waals surface area contributed by atoms with E-state index in [1.807, 2.05) is 18.2 Å². The Morgan fingerprint density at radius 2 is 1.77 bits per heavy atom. The lowest BCUT2D eigenvalue weighted by atomic mass is 9.99. The molecule has 2 atom stereocenters. The molecule has 1 aromatic rings. The van der Waals surface area contributed by atoms with Gasteiger partial charge in [0.15, 0.2) is 5.92 Å². The van der Waals surface area contributed by atoms with Gasteiger partial charge in [-0.1, -0.05) is 30.3 Å². The first kappa shape index (κ1) is 16.5. The number of carbonyl (C=O) groups excluding carboxylic acids is 2. The molecule has 0 aliphatic carbocycles. The minimum absolute atomic E-state index is 0.0574. The van der Waals surface area contributed by atoms with Crippen molar-refractivity contribution < 1.29 is 23.8 Å². The van der Waals surface area contributed by atoms with Crippen LogP contribution < -0.4 is 0 Å². The van der Waals surface area contributed by atoms with E-state index < -0.39 is 24.0 Å². The average Bonchev–Trinajstić information content (AvgIpc) is 3.02. The number of benzene rings is 1. The fourth-order valence-electron chi connectivity index (χ4n) is 2.82. The number of carbonyl (C=O) groups is 2. The van der Waals surface area contributed by atoms with E-state index in [1.54, 1.807) is 0 Å². The highest BCUT2D eigenvalue weighted by molar-refractivity contribution is 5.95. The van der Waals surface area contributed by atoms with E-state index in [0.717, 1.165) is 19.3 Å². The first-order valence-corrected chi connectivity index (χ1v) is 7.50. The van der Waals surface area contributed by atoms with Crippen LogP contribution in [0.15, 0.2) is 30.3 Å². The van der Waals surface area contributed by atoms with Gasteiger partial charge in [-0.25, -0.2) is 0 Å². The van der Waals surface area contributed by atoms with E-state index >= 15 is 0 Å². The largest absolute Gasteiger partial charge is 0.468 e. The maximum absolute atomic E-state index is 11.8. The van der Waals surface area contributed by atoms with Crippen LogP contribution in [0, 0.1) is 5.92 Å². The zero-order valence-corrected chi connectivity index (χ0v) is 13.0. The summed E-state index contributed by atoms with van der Waals surface area (Å²) < 4.78 is 15.3. The summed E-state index contributed by atoms with van der Waals surface area (Å²) in [6, 6.07) is 10.2. The number of hydrogen-bond donors (Lipinski definition) is 0. The molecule has 1 fully saturated rings. The van der Waals surface area contributed by atoms with Crippen LogP contribution in [-0.4, -0.2) is 38.4 Å². The summed E-state index contributed by atoms with van der Waals surface area (Å²) in [7, 11) is 2.53.